The Balaban J connectivity index is 2.43. The SMILES string of the molecule is O=CNCN[C@@H]1O[C@H](COP(=O)(O)O)[C@@H](O)[C@H]1O. The molecule has 1 amide bonds. The van der Waals surface area contributed by atoms with Crippen molar-refractivity contribution in [2.75, 3.05) is 13.3 Å². The van der Waals surface area contributed by atoms with Crippen molar-refractivity contribution in [1.29, 1.82) is 0 Å². The summed E-state index contributed by atoms with van der Waals surface area (Å²) in [5.74, 6) is 0. The van der Waals surface area contributed by atoms with Gasteiger partial charge in [0.25, 0.3) is 0 Å². The van der Waals surface area contributed by atoms with E-state index in [4.69, 9.17) is 14.5 Å². The van der Waals surface area contributed by atoms with Crippen molar-refractivity contribution < 1.29 is 38.6 Å². The van der Waals surface area contributed by atoms with Crippen LogP contribution in [0.3, 0.4) is 0 Å². The Bertz CT molecular complexity index is 323. The summed E-state index contributed by atoms with van der Waals surface area (Å²) in [5.41, 5.74) is 0. The van der Waals surface area contributed by atoms with E-state index in [0.29, 0.717) is 6.41 Å². The summed E-state index contributed by atoms with van der Waals surface area (Å²) in [5, 5.41) is 23.9. The number of hydrogen-bond donors (Lipinski definition) is 6. The number of hydrogen-bond acceptors (Lipinski definition) is 7. The molecule has 1 fully saturated rings. The van der Waals surface area contributed by atoms with E-state index in [2.05, 4.69) is 15.2 Å². The smallest absolute Gasteiger partial charge is 0.387 e. The lowest BCUT2D eigenvalue weighted by Crippen LogP contribution is -2.44. The summed E-state index contributed by atoms with van der Waals surface area (Å²) in [6.45, 7) is -0.564. The first-order valence-electron chi connectivity index (χ1n) is 4.97. The van der Waals surface area contributed by atoms with Gasteiger partial charge in [-0.3, -0.25) is 14.6 Å². The number of carbonyl (C=O) groups is 1. The zero-order valence-corrected chi connectivity index (χ0v) is 10.1. The Morgan fingerprint density at radius 2 is 2.00 bits per heavy atom. The number of rotatable bonds is 7. The lowest BCUT2D eigenvalue weighted by Gasteiger charge is -2.15. The summed E-state index contributed by atoms with van der Waals surface area (Å²) >= 11 is 0. The van der Waals surface area contributed by atoms with Gasteiger partial charge in [-0.05, 0) is 0 Å². The largest absolute Gasteiger partial charge is 0.469 e. The molecule has 0 unspecified atom stereocenters. The number of aliphatic hydroxyl groups is 2. The number of nitrogens with one attached hydrogen (secondary N) is 2. The Kier molecular flexibility index (Phi) is 5.63. The highest BCUT2D eigenvalue weighted by molar-refractivity contribution is 7.46. The minimum Gasteiger partial charge on any atom is -0.387 e. The first kappa shape index (κ1) is 15.5. The summed E-state index contributed by atoms with van der Waals surface area (Å²) < 4.78 is 19.7. The summed E-state index contributed by atoms with van der Waals surface area (Å²) in [6.07, 6.45) is -4.28. The maximum absolute atomic E-state index is 10.5. The lowest BCUT2D eigenvalue weighted by molar-refractivity contribution is -0.110. The fourth-order valence-electron chi connectivity index (χ4n) is 1.43. The Morgan fingerprint density at radius 1 is 1.33 bits per heavy atom. The minimum atomic E-state index is -4.66. The van der Waals surface area contributed by atoms with Crippen molar-refractivity contribution in [3.8, 4) is 0 Å². The second-order valence-electron chi connectivity index (χ2n) is 3.57. The lowest BCUT2D eigenvalue weighted by atomic mass is 10.1. The molecule has 0 aliphatic carbocycles. The van der Waals surface area contributed by atoms with Gasteiger partial charge in [0.1, 0.15) is 24.5 Å². The third-order valence-corrected chi connectivity index (χ3v) is 2.74. The molecule has 1 saturated heterocycles. The van der Waals surface area contributed by atoms with E-state index < -0.39 is 39.0 Å². The number of phosphoric acid groups is 1. The second-order valence-corrected chi connectivity index (χ2v) is 4.80. The zero-order valence-electron chi connectivity index (χ0n) is 9.17. The Labute approximate surface area is 102 Å². The van der Waals surface area contributed by atoms with Crippen LogP contribution in [-0.2, 0) is 18.6 Å². The molecule has 0 aromatic rings. The summed E-state index contributed by atoms with van der Waals surface area (Å²) in [4.78, 5) is 27.0. The first-order chi connectivity index (χ1) is 8.35. The van der Waals surface area contributed by atoms with E-state index in [1.807, 2.05) is 0 Å². The fraction of sp³-hybridized carbons (Fsp3) is 0.857. The van der Waals surface area contributed by atoms with Gasteiger partial charge < -0.3 is 30.1 Å². The van der Waals surface area contributed by atoms with Crippen LogP contribution in [0, 0.1) is 0 Å². The van der Waals surface area contributed by atoms with Crippen molar-refractivity contribution in [3.05, 3.63) is 0 Å². The molecule has 0 aromatic carbocycles. The molecule has 6 N–H and O–H groups in total. The predicted molar refractivity (Wildman–Crippen MR) is 55.9 cm³/mol. The molecular formula is C7H15N2O8P. The van der Waals surface area contributed by atoms with Crippen LogP contribution in [0.15, 0.2) is 0 Å². The minimum absolute atomic E-state index is 0.00398. The molecule has 4 atom stereocenters. The third kappa shape index (κ3) is 4.59. The van der Waals surface area contributed by atoms with Crippen LogP contribution in [0.5, 0.6) is 0 Å². The Hall–Kier alpha value is -0.580. The van der Waals surface area contributed by atoms with Gasteiger partial charge in [0, 0.05) is 0 Å². The van der Waals surface area contributed by atoms with Gasteiger partial charge >= 0.3 is 7.82 Å². The number of phosphoric ester groups is 1. The monoisotopic (exact) mass is 286 g/mol. The molecule has 1 aliphatic rings. The molecule has 1 rings (SSSR count). The van der Waals surface area contributed by atoms with Gasteiger partial charge in [-0.15, -0.1) is 0 Å². The molecule has 18 heavy (non-hydrogen) atoms. The standard InChI is InChI=1S/C7H15N2O8P/c10-3-8-2-9-7-6(12)5(11)4(17-7)1-16-18(13,14)15/h3-7,9,11-12H,1-2H2,(H,8,10)(H2,13,14,15)/t4-,5-,6-,7-/m1/s1. The van der Waals surface area contributed by atoms with Gasteiger partial charge in [-0.1, -0.05) is 0 Å². The average Bonchev–Trinajstić information content (AvgIpc) is 2.54. The average molecular weight is 286 g/mol. The number of amides is 1. The van der Waals surface area contributed by atoms with E-state index in [0.717, 1.165) is 0 Å². The van der Waals surface area contributed by atoms with Crippen LogP contribution in [0.1, 0.15) is 0 Å². The summed E-state index contributed by atoms with van der Waals surface area (Å²) in [7, 11) is -4.66. The van der Waals surface area contributed by atoms with Gasteiger partial charge in [-0.25, -0.2) is 4.57 Å². The van der Waals surface area contributed by atoms with Crippen molar-refractivity contribution in [2.45, 2.75) is 24.5 Å². The van der Waals surface area contributed by atoms with Crippen LogP contribution in [0.25, 0.3) is 0 Å². The van der Waals surface area contributed by atoms with E-state index in [1.54, 1.807) is 0 Å². The normalized spacial score (nSPS) is 32.4. The maximum atomic E-state index is 10.5. The molecule has 11 heteroatoms. The van der Waals surface area contributed by atoms with Gasteiger partial charge in [0.2, 0.25) is 6.41 Å². The molecule has 0 bridgehead atoms. The number of carbonyl (C=O) groups excluding carboxylic acids is 1. The quantitative estimate of drug-likeness (QED) is 0.123. The zero-order chi connectivity index (χ0) is 13.8. The highest BCUT2D eigenvalue weighted by Crippen LogP contribution is 2.36. The molecule has 106 valence electrons. The maximum Gasteiger partial charge on any atom is 0.469 e. The molecule has 0 aromatic heterocycles. The van der Waals surface area contributed by atoms with Crippen molar-refractivity contribution >= 4 is 14.2 Å². The van der Waals surface area contributed by atoms with Crippen LogP contribution < -0.4 is 10.6 Å². The molecular weight excluding hydrogens is 271 g/mol. The van der Waals surface area contributed by atoms with Gasteiger partial charge in [0.15, 0.2) is 0 Å². The molecule has 10 nitrogen and oxygen atoms in total. The highest BCUT2D eigenvalue weighted by Gasteiger charge is 2.43. The van der Waals surface area contributed by atoms with Crippen LogP contribution >= 0.6 is 7.82 Å². The van der Waals surface area contributed by atoms with Gasteiger partial charge in [0.05, 0.1) is 13.3 Å². The molecule has 0 saturated carbocycles. The van der Waals surface area contributed by atoms with E-state index in [-0.39, 0.29) is 6.67 Å². The van der Waals surface area contributed by atoms with E-state index in [1.165, 1.54) is 0 Å². The third-order valence-electron chi connectivity index (χ3n) is 2.26. The number of ether oxygens (including phenoxy) is 1. The topological polar surface area (TPSA) is 158 Å². The van der Waals surface area contributed by atoms with Crippen LogP contribution in [0.2, 0.25) is 0 Å². The molecule has 0 radical (unpaired) electrons. The molecule has 1 aliphatic heterocycles. The number of aliphatic hydroxyl groups excluding tert-OH is 2. The predicted octanol–water partition coefficient (Wildman–Crippen LogP) is -3.16. The fourth-order valence-corrected chi connectivity index (χ4v) is 1.77. The Morgan fingerprint density at radius 3 is 2.56 bits per heavy atom. The van der Waals surface area contributed by atoms with Crippen molar-refractivity contribution in [1.82, 2.24) is 10.6 Å². The molecule has 0 spiro atoms. The van der Waals surface area contributed by atoms with Crippen molar-refractivity contribution in [2.24, 2.45) is 0 Å². The van der Waals surface area contributed by atoms with E-state index >= 15 is 0 Å². The summed E-state index contributed by atoms with van der Waals surface area (Å²) in [6, 6.07) is 0. The first-order valence-corrected chi connectivity index (χ1v) is 6.50. The highest BCUT2D eigenvalue weighted by atomic mass is 31.2. The van der Waals surface area contributed by atoms with E-state index in [9.17, 15) is 19.6 Å². The van der Waals surface area contributed by atoms with Crippen LogP contribution in [-0.4, -0.2) is 64.2 Å². The van der Waals surface area contributed by atoms with Gasteiger partial charge in [-0.2, -0.15) is 0 Å². The van der Waals surface area contributed by atoms with Crippen molar-refractivity contribution in [3.63, 3.8) is 0 Å². The second kappa shape index (κ2) is 6.55. The van der Waals surface area contributed by atoms with Crippen LogP contribution in [0.4, 0.5) is 0 Å². The molecule has 1 heterocycles.